The molecule has 2 N–H and O–H groups in total. The molecule has 2 bridgehead atoms. The van der Waals surface area contributed by atoms with Gasteiger partial charge in [0, 0.05) is 42.8 Å². The van der Waals surface area contributed by atoms with Gasteiger partial charge in [-0.15, -0.1) is 0 Å². The van der Waals surface area contributed by atoms with Gasteiger partial charge in [-0.2, -0.15) is 0 Å². The number of piperazine rings is 1. The molecule has 26 heavy (non-hydrogen) atoms. The molecule has 1 aromatic heterocycles. The summed E-state index contributed by atoms with van der Waals surface area (Å²) >= 11 is 0. The third-order valence-corrected chi connectivity index (χ3v) is 5.93. The Bertz CT molecular complexity index is 974. The van der Waals surface area contributed by atoms with Crippen molar-refractivity contribution in [1.29, 1.82) is 0 Å². The van der Waals surface area contributed by atoms with Gasteiger partial charge in [0.1, 0.15) is 11.4 Å². The number of benzene rings is 1. The summed E-state index contributed by atoms with van der Waals surface area (Å²) in [5.74, 6) is -1.72. The molecule has 6 nitrogen and oxygen atoms in total. The maximum Gasteiger partial charge on any atom is 0.341 e. The first-order valence-electron chi connectivity index (χ1n) is 9.14. The van der Waals surface area contributed by atoms with Gasteiger partial charge in [0.05, 0.1) is 11.2 Å². The number of carbonyl (C=O) groups is 1. The lowest BCUT2D eigenvalue weighted by molar-refractivity contribution is 0.0695. The third kappa shape index (κ3) is 2.34. The van der Waals surface area contributed by atoms with E-state index in [-0.39, 0.29) is 23.0 Å². The molecule has 1 aromatic carbocycles. The molecule has 7 heteroatoms. The smallest absolute Gasteiger partial charge is 0.341 e. The Kier molecular flexibility index (Phi) is 3.37. The summed E-state index contributed by atoms with van der Waals surface area (Å²) in [6.07, 6.45) is 5.45. The molecule has 2 unspecified atom stereocenters. The Morgan fingerprint density at radius 1 is 1.19 bits per heavy atom. The van der Waals surface area contributed by atoms with E-state index in [2.05, 4.69) is 10.2 Å². The van der Waals surface area contributed by atoms with Crippen LogP contribution in [0.25, 0.3) is 10.9 Å². The molecule has 1 aliphatic carbocycles. The fraction of sp³-hybridized carbons (Fsp3) is 0.474. The highest BCUT2D eigenvalue weighted by atomic mass is 19.1. The van der Waals surface area contributed by atoms with Crippen molar-refractivity contribution in [3.05, 3.63) is 39.9 Å². The normalized spacial score (nSPS) is 25.0. The molecular weight excluding hydrogens is 337 g/mol. The predicted octanol–water partition coefficient (Wildman–Crippen LogP) is 2.11. The number of aromatic nitrogens is 1. The second kappa shape index (κ2) is 5.54. The minimum absolute atomic E-state index is 0.151. The molecule has 1 saturated carbocycles. The lowest BCUT2D eigenvalue weighted by Gasteiger charge is -2.47. The topological polar surface area (TPSA) is 74.6 Å². The zero-order valence-corrected chi connectivity index (χ0v) is 14.2. The molecule has 136 valence electrons. The van der Waals surface area contributed by atoms with E-state index in [4.69, 9.17) is 0 Å². The van der Waals surface area contributed by atoms with Gasteiger partial charge in [-0.3, -0.25) is 4.79 Å². The SMILES string of the molecule is O=C(O)c1cn(C2CC2)c2cc(N3CC4CCC3CN4)c(F)cc2c1=O. The maximum absolute atomic E-state index is 14.9. The number of fused-ring (bicyclic) bond motifs is 4. The van der Waals surface area contributed by atoms with Crippen LogP contribution in [0.3, 0.4) is 0 Å². The quantitative estimate of drug-likeness (QED) is 0.880. The summed E-state index contributed by atoms with van der Waals surface area (Å²) in [6.45, 7) is 1.60. The zero-order chi connectivity index (χ0) is 18.0. The number of carboxylic acid groups (broad SMARTS) is 1. The molecule has 6 rings (SSSR count). The van der Waals surface area contributed by atoms with Crippen LogP contribution in [-0.2, 0) is 0 Å². The van der Waals surface area contributed by atoms with E-state index in [9.17, 15) is 19.1 Å². The van der Waals surface area contributed by atoms with Gasteiger partial charge in [-0.1, -0.05) is 0 Å². The van der Waals surface area contributed by atoms with Crippen LogP contribution < -0.4 is 15.6 Å². The lowest BCUT2D eigenvalue weighted by atomic mass is 9.92. The standard InChI is InChI=1S/C19H20FN3O3/c20-15-5-13-16(6-17(15)22-8-10-1-2-12(22)7-21-10)23(11-3-4-11)9-14(18(13)24)19(25)26/h5-6,9-12,21H,1-4,7-8H2,(H,25,26). The highest BCUT2D eigenvalue weighted by Gasteiger charge is 2.35. The summed E-state index contributed by atoms with van der Waals surface area (Å²) in [5, 5.41) is 12.9. The first-order chi connectivity index (χ1) is 12.5. The number of pyridine rings is 1. The average Bonchev–Trinajstić information content (AvgIpc) is 3.48. The minimum Gasteiger partial charge on any atom is -0.477 e. The number of halogens is 1. The molecule has 4 fully saturated rings. The number of carboxylic acids is 1. The number of hydrogen-bond donors (Lipinski definition) is 2. The number of anilines is 1. The maximum atomic E-state index is 14.9. The second-order valence-corrected chi connectivity index (χ2v) is 7.62. The van der Waals surface area contributed by atoms with E-state index in [1.165, 1.54) is 12.3 Å². The van der Waals surface area contributed by atoms with E-state index in [1.54, 1.807) is 6.07 Å². The van der Waals surface area contributed by atoms with Crippen molar-refractivity contribution in [1.82, 2.24) is 9.88 Å². The molecule has 0 amide bonds. The van der Waals surface area contributed by atoms with Gasteiger partial charge in [0.15, 0.2) is 0 Å². The highest BCUT2D eigenvalue weighted by molar-refractivity contribution is 5.93. The van der Waals surface area contributed by atoms with Gasteiger partial charge in [0.2, 0.25) is 5.43 Å². The Labute approximate surface area is 149 Å². The van der Waals surface area contributed by atoms with Crippen LogP contribution in [0.15, 0.2) is 23.1 Å². The van der Waals surface area contributed by atoms with Crippen LogP contribution in [0.2, 0.25) is 0 Å². The number of piperidine rings is 2. The molecular formula is C19H20FN3O3. The van der Waals surface area contributed by atoms with Crippen LogP contribution >= 0.6 is 0 Å². The molecule has 3 saturated heterocycles. The number of nitrogens with zero attached hydrogens (tertiary/aromatic N) is 2. The Morgan fingerprint density at radius 3 is 2.54 bits per heavy atom. The molecule has 3 aliphatic heterocycles. The first kappa shape index (κ1) is 15.8. The number of aromatic carboxylic acids is 1. The van der Waals surface area contributed by atoms with Gasteiger partial charge in [-0.05, 0) is 37.8 Å². The van der Waals surface area contributed by atoms with Crippen molar-refractivity contribution in [2.45, 2.75) is 43.8 Å². The fourth-order valence-electron chi connectivity index (χ4n) is 4.39. The predicted molar refractivity (Wildman–Crippen MR) is 95.6 cm³/mol. The Balaban J connectivity index is 1.71. The molecule has 0 spiro atoms. The molecule has 4 heterocycles. The van der Waals surface area contributed by atoms with Crippen molar-refractivity contribution < 1.29 is 14.3 Å². The summed E-state index contributed by atoms with van der Waals surface area (Å²) < 4.78 is 16.8. The molecule has 2 atom stereocenters. The summed E-state index contributed by atoms with van der Waals surface area (Å²) in [5.41, 5.74) is 0.244. The van der Waals surface area contributed by atoms with E-state index in [0.29, 0.717) is 17.2 Å². The number of rotatable bonds is 3. The zero-order valence-electron chi connectivity index (χ0n) is 14.2. The van der Waals surface area contributed by atoms with Crippen molar-refractivity contribution in [2.24, 2.45) is 0 Å². The van der Waals surface area contributed by atoms with Gasteiger partial charge in [-0.25, -0.2) is 9.18 Å². The number of nitrogens with one attached hydrogen (secondary N) is 1. The third-order valence-electron chi connectivity index (χ3n) is 5.93. The fourth-order valence-corrected chi connectivity index (χ4v) is 4.39. The molecule has 4 aliphatic rings. The van der Waals surface area contributed by atoms with Gasteiger partial charge < -0.3 is 19.9 Å². The monoisotopic (exact) mass is 357 g/mol. The van der Waals surface area contributed by atoms with Crippen LogP contribution in [0.5, 0.6) is 0 Å². The Hall–Kier alpha value is -2.41. The van der Waals surface area contributed by atoms with Gasteiger partial charge in [0.25, 0.3) is 0 Å². The van der Waals surface area contributed by atoms with Crippen LogP contribution in [0, 0.1) is 5.82 Å². The highest BCUT2D eigenvalue weighted by Crippen LogP contribution is 2.39. The van der Waals surface area contributed by atoms with E-state index in [1.807, 2.05) is 4.57 Å². The summed E-state index contributed by atoms with van der Waals surface area (Å²) in [6, 6.07) is 3.79. The van der Waals surface area contributed by atoms with E-state index in [0.717, 1.165) is 38.8 Å². The Morgan fingerprint density at radius 2 is 1.96 bits per heavy atom. The van der Waals surface area contributed by atoms with Crippen LogP contribution in [-0.4, -0.2) is 40.8 Å². The molecule has 2 aromatic rings. The lowest BCUT2D eigenvalue weighted by Crippen LogP contribution is -2.61. The summed E-state index contributed by atoms with van der Waals surface area (Å²) in [4.78, 5) is 26.1. The second-order valence-electron chi connectivity index (χ2n) is 7.62. The van der Waals surface area contributed by atoms with Crippen molar-refractivity contribution in [2.75, 3.05) is 18.0 Å². The van der Waals surface area contributed by atoms with E-state index < -0.39 is 17.2 Å². The van der Waals surface area contributed by atoms with Gasteiger partial charge >= 0.3 is 5.97 Å². The number of hydrogen-bond acceptors (Lipinski definition) is 4. The first-order valence-corrected chi connectivity index (χ1v) is 9.14. The average molecular weight is 357 g/mol. The summed E-state index contributed by atoms with van der Waals surface area (Å²) in [7, 11) is 0. The molecule has 0 radical (unpaired) electrons. The van der Waals surface area contributed by atoms with Crippen LogP contribution in [0.4, 0.5) is 10.1 Å². The van der Waals surface area contributed by atoms with Crippen LogP contribution in [0.1, 0.15) is 42.1 Å². The largest absolute Gasteiger partial charge is 0.477 e. The van der Waals surface area contributed by atoms with E-state index >= 15 is 0 Å². The van der Waals surface area contributed by atoms with Crippen molar-refractivity contribution in [3.8, 4) is 0 Å². The van der Waals surface area contributed by atoms with Crippen molar-refractivity contribution in [3.63, 3.8) is 0 Å². The minimum atomic E-state index is -1.27. The van der Waals surface area contributed by atoms with Crippen molar-refractivity contribution >= 4 is 22.6 Å².